The van der Waals surface area contributed by atoms with Gasteiger partial charge < -0.3 is 15.5 Å². The van der Waals surface area contributed by atoms with E-state index in [9.17, 15) is 14.4 Å². The number of hydrogen-bond acceptors (Lipinski definition) is 3. The van der Waals surface area contributed by atoms with E-state index in [0.717, 1.165) is 16.8 Å². The molecule has 0 saturated carbocycles. The van der Waals surface area contributed by atoms with E-state index in [1.807, 2.05) is 38.1 Å². The molecular formula is C20H21N3O3. The van der Waals surface area contributed by atoms with Crippen molar-refractivity contribution in [3.05, 3.63) is 53.6 Å². The van der Waals surface area contributed by atoms with E-state index in [2.05, 4.69) is 10.6 Å². The van der Waals surface area contributed by atoms with Crippen LogP contribution in [0.5, 0.6) is 0 Å². The van der Waals surface area contributed by atoms with Crippen molar-refractivity contribution in [1.29, 1.82) is 0 Å². The summed E-state index contributed by atoms with van der Waals surface area (Å²) >= 11 is 0. The van der Waals surface area contributed by atoms with E-state index >= 15 is 0 Å². The summed E-state index contributed by atoms with van der Waals surface area (Å²) in [5, 5.41) is 5.58. The van der Waals surface area contributed by atoms with Gasteiger partial charge in [0.2, 0.25) is 17.7 Å². The minimum absolute atomic E-state index is 0.0332. The lowest BCUT2D eigenvalue weighted by atomic mass is 10.1. The molecule has 0 aliphatic carbocycles. The molecule has 3 amide bonds. The van der Waals surface area contributed by atoms with Crippen molar-refractivity contribution in [3.63, 3.8) is 0 Å². The molecule has 1 aliphatic heterocycles. The topological polar surface area (TPSA) is 78.5 Å². The number of nitrogens with one attached hydrogen (secondary N) is 2. The highest BCUT2D eigenvalue weighted by atomic mass is 16.2. The van der Waals surface area contributed by atoms with Crippen LogP contribution in [0.2, 0.25) is 0 Å². The molecule has 6 heteroatoms. The number of aryl methyl sites for hydroxylation is 2. The maximum absolute atomic E-state index is 12.5. The Labute approximate surface area is 152 Å². The quantitative estimate of drug-likeness (QED) is 0.889. The van der Waals surface area contributed by atoms with Gasteiger partial charge in [0, 0.05) is 18.5 Å². The Morgan fingerprint density at radius 2 is 1.88 bits per heavy atom. The molecule has 0 atom stereocenters. The zero-order valence-corrected chi connectivity index (χ0v) is 14.8. The lowest BCUT2D eigenvalue weighted by Gasteiger charge is -2.29. The van der Waals surface area contributed by atoms with Crippen LogP contribution in [0.25, 0.3) is 0 Å². The molecule has 0 aromatic heterocycles. The van der Waals surface area contributed by atoms with Crippen LogP contribution in [-0.2, 0) is 14.4 Å². The molecule has 0 saturated heterocycles. The predicted molar refractivity (Wildman–Crippen MR) is 101 cm³/mol. The number of fused-ring (bicyclic) bond motifs is 1. The normalized spacial score (nSPS) is 13.0. The van der Waals surface area contributed by atoms with Crippen molar-refractivity contribution in [1.82, 2.24) is 0 Å². The van der Waals surface area contributed by atoms with Gasteiger partial charge in [-0.15, -0.1) is 0 Å². The number of anilines is 3. The number of hydrogen-bond donors (Lipinski definition) is 2. The average molecular weight is 351 g/mol. The van der Waals surface area contributed by atoms with Crippen molar-refractivity contribution in [2.24, 2.45) is 0 Å². The van der Waals surface area contributed by atoms with Crippen LogP contribution in [0, 0.1) is 13.8 Å². The largest absolute Gasteiger partial charge is 0.326 e. The maximum Gasteiger partial charge on any atom is 0.244 e. The smallest absolute Gasteiger partial charge is 0.244 e. The number of carbonyl (C=O) groups excluding carboxylic acids is 3. The molecule has 3 rings (SSSR count). The van der Waals surface area contributed by atoms with Gasteiger partial charge in [-0.2, -0.15) is 0 Å². The first-order valence-electron chi connectivity index (χ1n) is 8.50. The van der Waals surface area contributed by atoms with Crippen LogP contribution in [0.15, 0.2) is 42.5 Å². The number of rotatable bonds is 4. The fourth-order valence-corrected chi connectivity index (χ4v) is 2.98. The first kappa shape index (κ1) is 17.7. The maximum atomic E-state index is 12.5. The van der Waals surface area contributed by atoms with Crippen LogP contribution in [0.3, 0.4) is 0 Å². The highest BCUT2D eigenvalue weighted by molar-refractivity contribution is 6.10. The second-order valence-electron chi connectivity index (χ2n) is 6.41. The third kappa shape index (κ3) is 3.91. The van der Waals surface area contributed by atoms with Crippen LogP contribution >= 0.6 is 0 Å². The fourth-order valence-electron chi connectivity index (χ4n) is 2.98. The highest BCUT2D eigenvalue weighted by Gasteiger charge is 2.26. The Balaban J connectivity index is 1.62. The second kappa shape index (κ2) is 7.39. The van der Waals surface area contributed by atoms with E-state index in [1.54, 1.807) is 18.2 Å². The monoisotopic (exact) mass is 351 g/mol. The highest BCUT2D eigenvalue weighted by Crippen LogP contribution is 2.29. The molecule has 0 fully saturated rings. The second-order valence-corrected chi connectivity index (χ2v) is 6.41. The lowest BCUT2D eigenvalue weighted by molar-refractivity contribution is -0.124. The molecule has 2 aromatic carbocycles. The summed E-state index contributed by atoms with van der Waals surface area (Å²) in [7, 11) is 0. The number of carbonyl (C=O) groups is 3. The summed E-state index contributed by atoms with van der Waals surface area (Å²) in [5.74, 6) is -0.708. The molecule has 0 radical (unpaired) electrons. The number of amides is 3. The van der Waals surface area contributed by atoms with Crippen LogP contribution in [-0.4, -0.2) is 24.3 Å². The Morgan fingerprint density at radius 3 is 2.65 bits per heavy atom. The molecular weight excluding hydrogens is 330 g/mol. The summed E-state index contributed by atoms with van der Waals surface area (Å²) in [6.07, 6.45) is 0.102. The van der Waals surface area contributed by atoms with E-state index in [-0.39, 0.29) is 37.1 Å². The average Bonchev–Trinajstić information content (AvgIpc) is 2.61. The SMILES string of the molecule is Cc1ccc(NC(=O)CCC(=O)N2CC(=O)Nc3ccccc32)c(C)c1. The number of para-hydroxylation sites is 2. The molecule has 1 heterocycles. The summed E-state index contributed by atoms with van der Waals surface area (Å²) < 4.78 is 0. The molecule has 26 heavy (non-hydrogen) atoms. The summed E-state index contributed by atoms with van der Waals surface area (Å²) in [6.45, 7) is 3.88. The molecule has 1 aliphatic rings. The Bertz CT molecular complexity index is 876. The van der Waals surface area contributed by atoms with Crippen LogP contribution in [0.1, 0.15) is 24.0 Å². The Kier molecular flexibility index (Phi) is 5.02. The van der Waals surface area contributed by atoms with Crippen molar-refractivity contribution < 1.29 is 14.4 Å². The number of benzene rings is 2. The van der Waals surface area contributed by atoms with Gasteiger partial charge >= 0.3 is 0 Å². The van der Waals surface area contributed by atoms with E-state index in [1.165, 1.54) is 4.90 Å². The third-order valence-corrected chi connectivity index (χ3v) is 4.29. The first-order valence-corrected chi connectivity index (χ1v) is 8.50. The van der Waals surface area contributed by atoms with Gasteiger partial charge in [0.15, 0.2) is 0 Å². The summed E-state index contributed by atoms with van der Waals surface area (Å²) in [5.41, 5.74) is 4.11. The predicted octanol–water partition coefficient (Wildman–Crippen LogP) is 3.01. The lowest BCUT2D eigenvalue weighted by Crippen LogP contribution is -2.42. The molecule has 0 spiro atoms. The first-order chi connectivity index (χ1) is 12.4. The van der Waals surface area contributed by atoms with Gasteiger partial charge in [-0.1, -0.05) is 29.8 Å². The van der Waals surface area contributed by atoms with Crippen molar-refractivity contribution in [2.75, 3.05) is 22.1 Å². The molecule has 2 aromatic rings. The Morgan fingerprint density at radius 1 is 1.12 bits per heavy atom. The van der Waals surface area contributed by atoms with Gasteiger partial charge in [-0.3, -0.25) is 14.4 Å². The molecule has 2 N–H and O–H groups in total. The van der Waals surface area contributed by atoms with Gasteiger partial charge in [-0.05, 0) is 37.6 Å². The van der Waals surface area contributed by atoms with Gasteiger partial charge in [0.25, 0.3) is 0 Å². The number of nitrogens with zero attached hydrogens (tertiary/aromatic N) is 1. The van der Waals surface area contributed by atoms with Gasteiger partial charge in [0.05, 0.1) is 11.4 Å². The summed E-state index contributed by atoms with van der Waals surface area (Å²) in [4.78, 5) is 38.0. The minimum atomic E-state index is -0.247. The standard InChI is InChI=1S/C20H21N3O3/c1-13-7-8-15(14(2)11-13)21-18(24)9-10-20(26)23-12-19(25)22-16-5-3-4-6-17(16)23/h3-8,11H,9-10,12H2,1-2H3,(H,21,24)(H,22,25). The third-order valence-electron chi connectivity index (χ3n) is 4.29. The van der Waals surface area contributed by atoms with E-state index in [0.29, 0.717) is 11.4 Å². The minimum Gasteiger partial charge on any atom is -0.326 e. The fraction of sp³-hybridized carbons (Fsp3) is 0.250. The van der Waals surface area contributed by atoms with Gasteiger partial charge in [0.1, 0.15) is 6.54 Å². The molecule has 6 nitrogen and oxygen atoms in total. The van der Waals surface area contributed by atoms with Crippen LogP contribution < -0.4 is 15.5 Å². The molecule has 134 valence electrons. The van der Waals surface area contributed by atoms with E-state index in [4.69, 9.17) is 0 Å². The van der Waals surface area contributed by atoms with Crippen molar-refractivity contribution in [3.8, 4) is 0 Å². The molecule has 0 unspecified atom stereocenters. The van der Waals surface area contributed by atoms with E-state index < -0.39 is 0 Å². The summed E-state index contributed by atoms with van der Waals surface area (Å²) in [6, 6.07) is 12.9. The Hall–Kier alpha value is -3.15. The molecule has 0 bridgehead atoms. The van der Waals surface area contributed by atoms with Gasteiger partial charge in [-0.25, -0.2) is 0 Å². The van der Waals surface area contributed by atoms with Crippen LogP contribution in [0.4, 0.5) is 17.1 Å². The van der Waals surface area contributed by atoms with Crippen molar-refractivity contribution in [2.45, 2.75) is 26.7 Å². The van der Waals surface area contributed by atoms with Crippen molar-refractivity contribution >= 4 is 34.8 Å². The zero-order valence-electron chi connectivity index (χ0n) is 14.8. The zero-order chi connectivity index (χ0) is 18.7.